The molecule has 3 fully saturated rings. The quantitative estimate of drug-likeness (QED) is 0.361. The van der Waals surface area contributed by atoms with E-state index in [4.69, 9.17) is 0 Å². The number of aromatic nitrogens is 5. The lowest BCUT2D eigenvalue weighted by Gasteiger charge is -2.37. The highest BCUT2D eigenvalue weighted by molar-refractivity contribution is 5.84. The van der Waals surface area contributed by atoms with E-state index in [0.717, 1.165) is 47.5 Å². The first-order valence-corrected chi connectivity index (χ1v) is 14.9. The minimum Gasteiger partial charge on any atom is -0.356 e. The van der Waals surface area contributed by atoms with Gasteiger partial charge in [0, 0.05) is 38.4 Å². The SMILES string of the molecule is Cn1cnnc1[C@@H](c1cccc(-n2cc3c(C(F)(F)F)cc(CN4CCC5(CCNC5=O)CC4)cn3c2=O)c1)C1CCC1. The van der Waals surface area contributed by atoms with Gasteiger partial charge in [-0.05, 0) is 80.4 Å². The van der Waals surface area contributed by atoms with E-state index in [9.17, 15) is 22.8 Å². The summed E-state index contributed by atoms with van der Waals surface area (Å²) in [6.07, 6.45) is 5.24. The first kappa shape index (κ1) is 27.9. The third-order valence-electron chi connectivity index (χ3n) is 9.87. The smallest absolute Gasteiger partial charge is 0.356 e. The summed E-state index contributed by atoms with van der Waals surface area (Å²) in [6.45, 7) is 2.17. The number of likely N-dealkylation sites (tertiary alicyclic amines) is 1. The Morgan fingerprint density at radius 3 is 2.51 bits per heavy atom. The number of carbonyl (C=O) groups is 1. The maximum Gasteiger partial charge on any atom is 0.418 e. The maximum absolute atomic E-state index is 14.4. The molecule has 2 saturated heterocycles. The van der Waals surface area contributed by atoms with Crippen LogP contribution in [0, 0.1) is 11.3 Å². The van der Waals surface area contributed by atoms with Crippen molar-refractivity contribution in [2.24, 2.45) is 18.4 Å². The number of piperidine rings is 1. The number of hydrogen-bond donors (Lipinski definition) is 1. The number of carbonyl (C=O) groups excluding carboxylic acids is 1. The Balaban J connectivity index is 1.23. The lowest BCUT2D eigenvalue weighted by Crippen LogP contribution is -2.43. The molecule has 0 radical (unpaired) electrons. The molecule has 1 amide bonds. The van der Waals surface area contributed by atoms with Gasteiger partial charge in [-0.15, -0.1) is 10.2 Å². The summed E-state index contributed by atoms with van der Waals surface area (Å²) in [5, 5.41) is 11.3. The second kappa shape index (κ2) is 10.4. The van der Waals surface area contributed by atoms with Crippen LogP contribution in [-0.4, -0.2) is 54.2 Å². The molecule has 43 heavy (non-hydrogen) atoms. The summed E-state index contributed by atoms with van der Waals surface area (Å²) in [4.78, 5) is 28.1. The minimum absolute atomic E-state index is 0.0229. The molecule has 4 aromatic rings. The van der Waals surface area contributed by atoms with Gasteiger partial charge in [0.15, 0.2) is 0 Å². The van der Waals surface area contributed by atoms with Crippen molar-refractivity contribution in [1.82, 2.24) is 33.9 Å². The number of imidazole rings is 1. The van der Waals surface area contributed by atoms with Crippen LogP contribution in [0.1, 0.15) is 67.0 Å². The summed E-state index contributed by atoms with van der Waals surface area (Å²) >= 11 is 0. The molecule has 1 N–H and O–H groups in total. The van der Waals surface area contributed by atoms with E-state index in [1.807, 2.05) is 29.8 Å². The maximum atomic E-state index is 14.4. The number of alkyl halides is 3. The molecule has 12 heteroatoms. The summed E-state index contributed by atoms with van der Waals surface area (Å²) in [7, 11) is 1.90. The van der Waals surface area contributed by atoms with Gasteiger partial charge < -0.3 is 9.88 Å². The molecule has 226 valence electrons. The fourth-order valence-electron chi connectivity index (χ4n) is 7.18. The molecule has 2 aliphatic heterocycles. The van der Waals surface area contributed by atoms with Crippen molar-refractivity contribution >= 4 is 11.4 Å². The fourth-order valence-corrected chi connectivity index (χ4v) is 7.18. The normalized spacial score (nSPS) is 20.0. The monoisotopic (exact) mass is 593 g/mol. The van der Waals surface area contributed by atoms with E-state index < -0.39 is 17.4 Å². The van der Waals surface area contributed by atoms with Gasteiger partial charge in [0.1, 0.15) is 12.2 Å². The van der Waals surface area contributed by atoms with Crippen molar-refractivity contribution in [1.29, 1.82) is 0 Å². The highest BCUT2D eigenvalue weighted by Gasteiger charge is 2.44. The highest BCUT2D eigenvalue weighted by Crippen LogP contribution is 2.43. The van der Waals surface area contributed by atoms with Crippen molar-refractivity contribution in [2.45, 2.75) is 57.2 Å². The number of amides is 1. The second-order valence-corrected chi connectivity index (χ2v) is 12.4. The standard InChI is InChI=1S/C31H34F3N7O2/c1-38-19-36-37-27(38)26(21-4-2-5-21)22-6-3-7-23(15-22)40-18-25-24(31(32,33)34)14-20(17-41(25)29(40)43)16-39-12-9-30(10-13-39)8-11-35-28(30)42/h3,6-7,14-15,17-19,21,26H,2,4-5,8-13,16H2,1H3,(H,35,42)/t26-/m1/s1. The predicted octanol–water partition coefficient (Wildman–Crippen LogP) is 4.27. The zero-order valence-corrected chi connectivity index (χ0v) is 24.0. The van der Waals surface area contributed by atoms with E-state index in [0.29, 0.717) is 49.6 Å². The van der Waals surface area contributed by atoms with Gasteiger partial charge in [-0.1, -0.05) is 18.6 Å². The van der Waals surface area contributed by atoms with Gasteiger partial charge in [-0.25, -0.2) is 4.79 Å². The Labute approximate surface area is 246 Å². The molecule has 7 rings (SSSR count). The summed E-state index contributed by atoms with van der Waals surface area (Å²) in [6, 6.07) is 8.61. The van der Waals surface area contributed by atoms with E-state index in [1.54, 1.807) is 12.4 Å². The van der Waals surface area contributed by atoms with Crippen LogP contribution in [-0.2, 0) is 24.6 Å². The highest BCUT2D eigenvalue weighted by atomic mass is 19.4. The predicted molar refractivity (Wildman–Crippen MR) is 153 cm³/mol. The Bertz CT molecular complexity index is 1740. The van der Waals surface area contributed by atoms with E-state index in [1.165, 1.54) is 17.0 Å². The molecule has 1 spiro atoms. The van der Waals surface area contributed by atoms with Gasteiger partial charge in [0.2, 0.25) is 5.91 Å². The van der Waals surface area contributed by atoms with Crippen molar-refractivity contribution in [3.8, 4) is 5.69 Å². The van der Waals surface area contributed by atoms with Crippen molar-refractivity contribution < 1.29 is 18.0 Å². The van der Waals surface area contributed by atoms with E-state index in [-0.39, 0.29) is 29.3 Å². The zero-order valence-electron chi connectivity index (χ0n) is 24.0. The number of rotatable bonds is 6. The third-order valence-corrected chi connectivity index (χ3v) is 9.87. The fraction of sp³-hybridized carbons (Fsp3) is 0.484. The van der Waals surface area contributed by atoms with Crippen molar-refractivity contribution in [2.75, 3.05) is 19.6 Å². The van der Waals surface area contributed by atoms with Gasteiger partial charge in [-0.3, -0.25) is 18.7 Å². The van der Waals surface area contributed by atoms with Crippen LogP contribution in [0.3, 0.4) is 0 Å². The molecule has 1 atom stereocenters. The average molecular weight is 594 g/mol. The third kappa shape index (κ3) is 4.85. The Morgan fingerprint density at radius 2 is 1.88 bits per heavy atom. The first-order chi connectivity index (χ1) is 20.6. The van der Waals surface area contributed by atoms with Crippen LogP contribution >= 0.6 is 0 Å². The van der Waals surface area contributed by atoms with Crippen LogP contribution in [0.4, 0.5) is 13.2 Å². The van der Waals surface area contributed by atoms with Gasteiger partial charge in [-0.2, -0.15) is 13.2 Å². The largest absolute Gasteiger partial charge is 0.418 e. The molecule has 9 nitrogen and oxygen atoms in total. The molecular formula is C31H34F3N7O2. The molecule has 1 aliphatic carbocycles. The number of halogens is 3. The van der Waals surface area contributed by atoms with E-state index >= 15 is 0 Å². The molecule has 5 heterocycles. The van der Waals surface area contributed by atoms with Crippen LogP contribution < -0.4 is 11.0 Å². The zero-order chi connectivity index (χ0) is 29.9. The van der Waals surface area contributed by atoms with Crippen molar-refractivity contribution in [3.63, 3.8) is 0 Å². The number of benzene rings is 1. The topological polar surface area (TPSA) is 89.5 Å². The molecular weight excluding hydrogens is 559 g/mol. The molecule has 3 aromatic heterocycles. The van der Waals surface area contributed by atoms with Crippen molar-refractivity contribution in [3.05, 3.63) is 82.1 Å². The summed E-state index contributed by atoms with van der Waals surface area (Å²) < 4.78 is 47.4. The van der Waals surface area contributed by atoms with Gasteiger partial charge in [0.05, 0.1) is 22.2 Å². The molecule has 1 saturated carbocycles. The van der Waals surface area contributed by atoms with Crippen LogP contribution in [0.15, 0.2) is 53.8 Å². The molecule has 1 aromatic carbocycles. The molecule has 3 aliphatic rings. The summed E-state index contributed by atoms with van der Waals surface area (Å²) in [5.74, 6) is 1.28. The van der Waals surface area contributed by atoms with Crippen LogP contribution in [0.25, 0.3) is 11.2 Å². The first-order valence-electron chi connectivity index (χ1n) is 14.9. The number of fused-ring (bicyclic) bond motifs is 1. The summed E-state index contributed by atoms with van der Waals surface area (Å²) in [5.41, 5.74) is -0.0708. The number of nitrogens with one attached hydrogen (secondary N) is 1. The van der Waals surface area contributed by atoms with Gasteiger partial charge in [0.25, 0.3) is 0 Å². The number of pyridine rings is 1. The van der Waals surface area contributed by atoms with Crippen LogP contribution in [0.5, 0.6) is 0 Å². The lowest BCUT2D eigenvalue weighted by atomic mass is 9.72. The lowest BCUT2D eigenvalue weighted by molar-refractivity contribution is -0.136. The number of nitrogens with zero attached hydrogens (tertiary/aromatic N) is 6. The van der Waals surface area contributed by atoms with Gasteiger partial charge >= 0.3 is 11.9 Å². The van der Waals surface area contributed by atoms with E-state index in [2.05, 4.69) is 20.4 Å². The second-order valence-electron chi connectivity index (χ2n) is 12.4. The van der Waals surface area contributed by atoms with Crippen LogP contribution in [0.2, 0.25) is 0 Å². The molecule has 0 bridgehead atoms. The Kier molecular flexibility index (Phi) is 6.71. The number of hydrogen-bond acceptors (Lipinski definition) is 5. The molecule has 0 unspecified atom stereocenters. The Morgan fingerprint density at radius 1 is 1.09 bits per heavy atom. The minimum atomic E-state index is -4.64. The Hall–Kier alpha value is -3.93. The average Bonchev–Trinajstić information content (AvgIpc) is 3.64. The number of aryl methyl sites for hydroxylation is 1.